The normalized spacial score (nSPS) is 20.0. The molecule has 5 rings (SSSR count). The third kappa shape index (κ3) is 4.50. The number of para-hydroxylation sites is 1. The highest BCUT2D eigenvalue weighted by molar-refractivity contribution is 8.26. The Hall–Kier alpha value is -2.48. The average molecular weight is 481 g/mol. The number of hydrogen-bond donors (Lipinski definition) is 0. The summed E-state index contributed by atoms with van der Waals surface area (Å²) in [5.41, 5.74) is 4.39. The molecule has 4 nitrogen and oxygen atoms in total. The second-order valence-electron chi connectivity index (χ2n) is 8.43. The van der Waals surface area contributed by atoms with Crippen LogP contribution in [0.25, 0.3) is 17.0 Å². The minimum atomic E-state index is -0.240. The Morgan fingerprint density at radius 3 is 2.79 bits per heavy atom. The highest BCUT2D eigenvalue weighted by Crippen LogP contribution is 2.36. The summed E-state index contributed by atoms with van der Waals surface area (Å²) < 4.78 is 21.9. The molecule has 2 aliphatic heterocycles. The second kappa shape index (κ2) is 9.41. The quantitative estimate of drug-likeness (QED) is 0.331. The van der Waals surface area contributed by atoms with Gasteiger partial charge in [0.1, 0.15) is 10.1 Å². The van der Waals surface area contributed by atoms with Crippen LogP contribution < -0.4 is 0 Å². The van der Waals surface area contributed by atoms with E-state index in [1.54, 1.807) is 4.90 Å². The van der Waals surface area contributed by atoms with Crippen molar-refractivity contribution in [2.45, 2.75) is 38.8 Å². The molecule has 0 bridgehead atoms. The van der Waals surface area contributed by atoms with Gasteiger partial charge in [-0.1, -0.05) is 61.2 Å². The number of hydrogen-bond acceptors (Lipinski definition) is 4. The molecule has 0 spiro atoms. The lowest BCUT2D eigenvalue weighted by Gasteiger charge is -2.18. The largest absolute Gasteiger partial charge is 0.376 e. The first-order valence-electron chi connectivity index (χ1n) is 11.3. The molecule has 0 unspecified atom stereocenters. The van der Waals surface area contributed by atoms with Crippen molar-refractivity contribution in [3.63, 3.8) is 0 Å². The number of carbonyl (C=O) groups excluding carboxylic acids is 1. The van der Waals surface area contributed by atoms with Crippen LogP contribution in [0.5, 0.6) is 0 Å². The van der Waals surface area contributed by atoms with Crippen molar-refractivity contribution in [3.8, 4) is 0 Å². The standard InChI is InChI=1S/C26H25FN2O2S2/c1-2-18-5-3-7-22-19(15-28(24(18)22)14-17-8-10-20(27)11-9-17)13-23-25(30)29(26(32)33-23)16-21-6-4-12-31-21/h3,5,7-11,13,15,21H,2,4,6,12,14,16H2,1H3/b23-13-/t21-/m0/s1. The number of rotatable bonds is 6. The first kappa shape index (κ1) is 22.3. The molecule has 2 fully saturated rings. The minimum Gasteiger partial charge on any atom is -0.376 e. The zero-order valence-electron chi connectivity index (χ0n) is 18.4. The van der Waals surface area contributed by atoms with Crippen LogP contribution in [-0.2, 0) is 22.5 Å². The maximum Gasteiger partial charge on any atom is 0.266 e. The van der Waals surface area contributed by atoms with Gasteiger partial charge >= 0.3 is 0 Å². The zero-order valence-corrected chi connectivity index (χ0v) is 20.1. The van der Waals surface area contributed by atoms with Crippen LogP contribution >= 0.6 is 24.0 Å². The molecule has 2 saturated heterocycles. The third-order valence-corrected chi connectivity index (χ3v) is 7.61. The predicted octanol–water partition coefficient (Wildman–Crippen LogP) is 5.77. The molecule has 2 aliphatic rings. The molecule has 2 aromatic carbocycles. The number of halogens is 1. The topological polar surface area (TPSA) is 34.5 Å². The highest BCUT2D eigenvalue weighted by atomic mass is 32.2. The molecule has 0 N–H and O–H groups in total. The Morgan fingerprint density at radius 1 is 1.24 bits per heavy atom. The van der Waals surface area contributed by atoms with Crippen molar-refractivity contribution >= 4 is 51.2 Å². The van der Waals surface area contributed by atoms with Gasteiger partial charge in [-0.05, 0) is 48.6 Å². The third-order valence-electron chi connectivity index (χ3n) is 6.23. The fourth-order valence-electron chi connectivity index (χ4n) is 4.57. The van der Waals surface area contributed by atoms with E-state index in [0.717, 1.165) is 47.9 Å². The molecular weight excluding hydrogens is 455 g/mol. The fraction of sp³-hybridized carbons (Fsp3) is 0.308. The molecule has 1 atom stereocenters. The van der Waals surface area contributed by atoms with Crippen molar-refractivity contribution in [1.82, 2.24) is 9.47 Å². The SMILES string of the molecule is CCc1cccc2c(/C=C3\SC(=S)N(C[C@@H]4CCCO4)C3=O)cn(Cc3ccc(F)cc3)c12. The number of thioether (sulfide) groups is 1. The maximum atomic E-state index is 13.4. The van der Waals surface area contributed by atoms with Gasteiger partial charge in [-0.3, -0.25) is 9.69 Å². The van der Waals surface area contributed by atoms with E-state index in [1.165, 1.54) is 29.5 Å². The molecule has 0 saturated carbocycles. The first-order chi connectivity index (χ1) is 16.0. The average Bonchev–Trinajstić information content (AvgIpc) is 3.52. The zero-order chi connectivity index (χ0) is 22.9. The first-order valence-corrected chi connectivity index (χ1v) is 12.5. The smallest absolute Gasteiger partial charge is 0.266 e. The van der Waals surface area contributed by atoms with E-state index < -0.39 is 0 Å². The summed E-state index contributed by atoms with van der Waals surface area (Å²) in [4.78, 5) is 15.5. The van der Waals surface area contributed by atoms with Crippen molar-refractivity contribution in [2.75, 3.05) is 13.2 Å². The van der Waals surface area contributed by atoms with Gasteiger partial charge in [0.2, 0.25) is 0 Å². The van der Waals surface area contributed by atoms with Crippen LogP contribution in [0.1, 0.15) is 36.5 Å². The van der Waals surface area contributed by atoms with E-state index >= 15 is 0 Å². The Kier molecular flexibility index (Phi) is 6.36. The number of thiocarbonyl (C=S) groups is 1. The van der Waals surface area contributed by atoms with E-state index in [-0.39, 0.29) is 17.8 Å². The predicted molar refractivity (Wildman–Crippen MR) is 136 cm³/mol. The second-order valence-corrected chi connectivity index (χ2v) is 10.1. The van der Waals surface area contributed by atoms with Crippen molar-refractivity contribution in [2.24, 2.45) is 0 Å². The van der Waals surface area contributed by atoms with Crippen LogP contribution in [0.4, 0.5) is 4.39 Å². The number of ether oxygens (including phenoxy) is 1. The molecule has 0 radical (unpaired) electrons. The molecule has 33 heavy (non-hydrogen) atoms. The molecule has 170 valence electrons. The van der Waals surface area contributed by atoms with Gasteiger partial charge in [-0.25, -0.2) is 4.39 Å². The molecule has 7 heteroatoms. The van der Waals surface area contributed by atoms with Crippen LogP contribution in [0.15, 0.2) is 53.6 Å². The van der Waals surface area contributed by atoms with Gasteiger partial charge in [0.15, 0.2) is 0 Å². The lowest BCUT2D eigenvalue weighted by atomic mass is 10.1. The minimum absolute atomic E-state index is 0.0495. The number of carbonyl (C=O) groups is 1. The lowest BCUT2D eigenvalue weighted by Crippen LogP contribution is -2.35. The highest BCUT2D eigenvalue weighted by Gasteiger charge is 2.34. The summed E-state index contributed by atoms with van der Waals surface area (Å²) in [6.07, 6.45) is 7.00. The Labute approximate surface area is 202 Å². The fourth-order valence-corrected chi connectivity index (χ4v) is 5.83. The summed E-state index contributed by atoms with van der Waals surface area (Å²) in [5.74, 6) is -0.289. The molecule has 3 aromatic rings. The Bertz CT molecular complexity index is 1240. The van der Waals surface area contributed by atoms with E-state index in [1.807, 2.05) is 18.2 Å². The molecule has 3 heterocycles. The van der Waals surface area contributed by atoms with E-state index in [9.17, 15) is 9.18 Å². The Morgan fingerprint density at radius 2 is 2.06 bits per heavy atom. The summed E-state index contributed by atoms with van der Waals surface area (Å²) in [7, 11) is 0. The molecule has 0 aliphatic carbocycles. The summed E-state index contributed by atoms with van der Waals surface area (Å²) in [5, 5.41) is 1.10. The summed E-state index contributed by atoms with van der Waals surface area (Å²) >= 11 is 6.87. The lowest BCUT2D eigenvalue weighted by molar-refractivity contribution is -0.123. The van der Waals surface area contributed by atoms with E-state index in [0.29, 0.717) is 22.3 Å². The van der Waals surface area contributed by atoms with Crippen LogP contribution in [0.3, 0.4) is 0 Å². The monoisotopic (exact) mass is 480 g/mol. The van der Waals surface area contributed by atoms with Gasteiger partial charge in [-0.15, -0.1) is 0 Å². The number of aromatic nitrogens is 1. The van der Waals surface area contributed by atoms with Crippen molar-refractivity contribution in [1.29, 1.82) is 0 Å². The number of aryl methyl sites for hydroxylation is 1. The van der Waals surface area contributed by atoms with Gasteiger partial charge in [-0.2, -0.15) is 0 Å². The number of fused-ring (bicyclic) bond motifs is 1. The number of amides is 1. The van der Waals surface area contributed by atoms with Gasteiger partial charge < -0.3 is 9.30 Å². The molecule has 1 amide bonds. The van der Waals surface area contributed by atoms with E-state index in [4.69, 9.17) is 17.0 Å². The molecular formula is C26H25FN2O2S2. The van der Waals surface area contributed by atoms with Gasteiger partial charge in [0, 0.05) is 30.3 Å². The van der Waals surface area contributed by atoms with Crippen LogP contribution in [-0.4, -0.2) is 39.0 Å². The molecule has 1 aromatic heterocycles. The van der Waals surface area contributed by atoms with Gasteiger partial charge in [0.05, 0.1) is 23.1 Å². The number of benzene rings is 2. The Balaban J connectivity index is 1.50. The van der Waals surface area contributed by atoms with E-state index in [2.05, 4.69) is 35.9 Å². The van der Waals surface area contributed by atoms with Crippen LogP contribution in [0, 0.1) is 5.82 Å². The van der Waals surface area contributed by atoms with Crippen molar-refractivity contribution < 1.29 is 13.9 Å². The van der Waals surface area contributed by atoms with Gasteiger partial charge in [0.25, 0.3) is 5.91 Å². The summed E-state index contributed by atoms with van der Waals surface area (Å²) in [6.45, 7) is 4.04. The summed E-state index contributed by atoms with van der Waals surface area (Å²) in [6, 6.07) is 12.9. The maximum absolute atomic E-state index is 13.4. The van der Waals surface area contributed by atoms with Crippen LogP contribution in [0.2, 0.25) is 0 Å². The van der Waals surface area contributed by atoms with Crippen molar-refractivity contribution in [3.05, 3.63) is 76.1 Å². The number of nitrogens with zero attached hydrogens (tertiary/aromatic N) is 2.